The van der Waals surface area contributed by atoms with Gasteiger partial charge in [-0.15, -0.1) is 6.58 Å². The molecular weight excluding hydrogens is 378 g/mol. The molecule has 160 valence electrons. The zero-order chi connectivity index (χ0) is 22.1. The molecule has 6 N–H and O–H groups in total. The van der Waals surface area contributed by atoms with E-state index in [1.54, 1.807) is 10.8 Å². The van der Waals surface area contributed by atoms with Crippen LogP contribution in [0, 0.1) is 6.92 Å². The van der Waals surface area contributed by atoms with Crippen molar-refractivity contribution in [3.8, 4) is 5.69 Å². The molecular formula is C22H31N7O. The second-order valence-corrected chi connectivity index (χ2v) is 6.57. The first-order valence-electron chi connectivity index (χ1n) is 10.1. The number of nitrogens with zero attached hydrogens (tertiary/aromatic N) is 3. The maximum Gasteiger partial charge on any atom is 0.354 e. The average Bonchev–Trinajstić information content (AvgIpc) is 3.10. The number of aryl methyl sites for hydroxylation is 1. The molecule has 0 aliphatic heterocycles. The molecule has 2 heterocycles. The second-order valence-electron chi connectivity index (χ2n) is 6.57. The lowest BCUT2D eigenvalue weighted by Gasteiger charge is -2.15. The lowest BCUT2D eigenvalue weighted by Crippen LogP contribution is -2.24. The van der Waals surface area contributed by atoms with Crippen molar-refractivity contribution in [3.05, 3.63) is 70.9 Å². The highest BCUT2D eigenvalue weighted by Gasteiger charge is 2.09. The van der Waals surface area contributed by atoms with Crippen molar-refractivity contribution >= 4 is 17.0 Å². The molecule has 0 aliphatic rings. The van der Waals surface area contributed by atoms with Crippen LogP contribution in [0.2, 0.25) is 0 Å². The summed E-state index contributed by atoms with van der Waals surface area (Å²) in [5.74, 6) is 0.105. The molecule has 0 saturated heterocycles. The number of nitrogens with two attached hydrogens (primary N) is 2. The molecule has 0 radical (unpaired) electrons. The number of aliphatic imine (C=N–C) groups is 1. The fourth-order valence-electron chi connectivity index (χ4n) is 3.04. The summed E-state index contributed by atoms with van der Waals surface area (Å²) in [7, 11) is 0. The third-order valence-electron chi connectivity index (χ3n) is 4.40. The van der Waals surface area contributed by atoms with E-state index in [9.17, 15) is 4.79 Å². The number of fused-ring (bicyclic) bond motifs is 1. The van der Waals surface area contributed by atoms with Gasteiger partial charge in [0.2, 0.25) is 0 Å². The van der Waals surface area contributed by atoms with Crippen LogP contribution in [0.1, 0.15) is 37.6 Å². The summed E-state index contributed by atoms with van der Waals surface area (Å²) in [6, 6.07) is 9.72. The Kier molecular flexibility index (Phi) is 8.37. The van der Waals surface area contributed by atoms with Gasteiger partial charge >= 0.3 is 5.69 Å². The Morgan fingerprint density at radius 3 is 2.67 bits per heavy atom. The molecule has 1 aromatic carbocycles. The molecule has 8 nitrogen and oxygen atoms in total. The molecule has 3 aromatic rings. The van der Waals surface area contributed by atoms with E-state index in [4.69, 9.17) is 11.5 Å². The summed E-state index contributed by atoms with van der Waals surface area (Å²) in [5, 5.41) is 4.30. The summed E-state index contributed by atoms with van der Waals surface area (Å²) in [6.45, 7) is 11.2. The number of aromatic amines is 1. The summed E-state index contributed by atoms with van der Waals surface area (Å²) >= 11 is 0. The number of hydrogen-bond acceptors (Lipinski definition) is 4. The molecule has 30 heavy (non-hydrogen) atoms. The highest BCUT2D eigenvalue weighted by atomic mass is 16.1. The molecule has 8 heteroatoms. The van der Waals surface area contributed by atoms with Crippen LogP contribution in [0.5, 0.6) is 0 Å². The van der Waals surface area contributed by atoms with Crippen molar-refractivity contribution in [1.82, 2.24) is 19.9 Å². The van der Waals surface area contributed by atoms with Gasteiger partial charge in [-0.2, -0.15) is 4.98 Å². The van der Waals surface area contributed by atoms with Gasteiger partial charge in [-0.3, -0.25) is 9.56 Å². The minimum atomic E-state index is -0.319. The van der Waals surface area contributed by atoms with Crippen molar-refractivity contribution in [3.63, 3.8) is 0 Å². The van der Waals surface area contributed by atoms with Crippen LogP contribution >= 0.6 is 0 Å². The van der Waals surface area contributed by atoms with Gasteiger partial charge in [0.05, 0.1) is 11.7 Å². The van der Waals surface area contributed by atoms with E-state index in [0.29, 0.717) is 12.2 Å². The van der Waals surface area contributed by atoms with Crippen LogP contribution in [0.3, 0.4) is 0 Å². The van der Waals surface area contributed by atoms with Crippen molar-refractivity contribution in [2.45, 2.75) is 33.2 Å². The third-order valence-corrected chi connectivity index (χ3v) is 4.40. The Bertz CT molecular complexity index is 1040. The normalized spacial score (nSPS) is 11.4. The highest BCUT2D eigenvalue weighted by molar-refractivity contribution is 5.76. The molecule has 0 unspecified atom stereocenters. The minimum Gasteiger partial charge on any atom is -0.370 e. The van der Waals surface area contributed by atoms with E-state index >= 15 is 0 Å². The van der Waals surface area contributed by atoms with Crippen molar-refractivity contribution in [2.75, 3.05) is 13.1 Å². The Morgan fingerprint density at radius 2 is 2.03 bits per heavy atom. The molecule has 0 aliphatic carbocycles. The lowest BCUT2D eigenvalue weighted by atomic mass is 10.1. The zero-order valence-corrected chi connectivity index (χ0v) is 17.9. The van der Waals surface area contributed by atoms with Gasteiger partial charge in [0.15, 0.2) is 5.96 Å². The third kappa shape index (κ3) is 5.81. The van der Waals surface area contributed by atoms with Gasteiger partial charge in [0, 0.05) is 23.8 Å². The topological polar surface area (TPSA) is 127 Å². The number of benzene rings is 1. The second kappa shape index (κ2) is 11.0. The van der Waals surface area contributed by atoms with Crippen molar-refractivity contribution in [1.29, 1.82) is 0 Å². The number of H-pyrrole nitrogens is 1. The first-order valence-corrected chi connectivity index (χ1v) is 10.1. The maximum absolute atomic E-state index is 12.3. The Hall–Kier alpha value is -3.39. The summed E-state index contributed by atoms with van der Waals surface area (Å²) in [4.78, 5) is 23.5. The number of hydrogen-bond donors (Lipinski definition) is 4. The van der Waals surface area contributed by atoms with Crippen LogP contribution in [0.25, 0.3) is 16.7 Å². The van der Waals surface area contributed by atoms with E-state index in [2.05, 4.69) is 26.9 Å². The summed E-state index contributed by atoms with van der Waals surface area (Å²) in [6.07, 6.45) is 4.46. The quantitative estimate of drug-likeness (QED) is 0.197. The van der Waals surface area contributed by atoms with E-state index in [-0.39, 0.29) is 17.7 Å². The monoisotopic (exact) mass is 409 g/mol. The van der Waals surface area contributed by atoms with E-state index in [1.807, 2.05) is 57.2 Å². The fraction of sp³-hybridized carbons (Fsp3) is 0.318. The van der Waals surface area contributed by atoms with Gasteiger partial charge in [-0.05, 0) is 43.7 Å². The molecule has 0 spiro atoms. The number of nitrogens with one attached hydrogen (secondary N) is 2. The van der Waals surface area contributed by atoms with Crippen molar-refractivity contribution in [2.24, 2.45) is 16.5 Å². The van der Waals surface area contributed by atoms with E-state index in [1.165, 1.54) is 0 Å². The number of rotatable bonds is 8. The molecule has 1 atom stereocenters. The standard InChI is InChI=1S/C20H25N7O.C2H6/c1-3-17(23-9-4-10-24-19(21)22)14-5-7-16(8-6-14)27-12-15-11-13(2)25-18(15)26-20(27)28;1-2/h3,5-8,11-12,17,23H,1,4,9-10H2,2H3,(H4,21,22,24)(H,25,26,28);1-2H3/t17-;/m0./s1. The van der Waals surface area contributed by atoms with Crippen LogP contribution in [-0.2, 0) is 0 Å². The smallest absolute Gasteiger partial charge is 0.354 e. The summed E-state index contributed by atoms with van der Waals surface area (Å²) in [5.41, 5.74) is 13.7. The number of guanidine groups is 1. The van der Waals surface area contributed by atoms with Crippen LogP contribution in [0.15, 0.2) is 59.0 Å². The van der Waals surface area contributed by atoms with Crippen LogP contribution in [0.4, 0.5) is 0 Å². The minimum absolute atomic E-state index is 0.00194. The summed E-state index contributed by atoms with van der Waals surface area (Å²) < 4.78 is 1.55. The van der Waals surface area contributed by atoms with E-state index in [0.717, 1.165) is 35.3 Å². The first-order chi connectivity index (χ1) is 14.5. The predicted molar refractivity (Wildman–Crippen MR) is 124 cm³/mol. The van der Waals surface area contributed by atoms with Gasteiger partial charge in [-0.1, -0.05) is 32.1 Å². The largest absolute Gasteiger partial charge is 0.370 e. The van der Waals surface area contributed by atoms with Gasteiger partial charge < -0.3 is 21.8 Å². The first kappa shape index (κ1) is 22.9. The molecule has 0 saturated carbocycles. The SMILES string of the molecule is C=C[C@H](NCCCN=C(N)N)c1ccc(-n2cc3cc(C)[nH]c3nc2=O)cc1.CC. The van der Waals surface area contributed by atoms with Crippen LogP contribution < -0.4 is 22.5 Å². The number of aromatic nitrogens is 3. The molecule has 2 aromatic heterocycles. The fourth-order valence-corrected chi connectivity index (χ4v) is 3.04. The Labute approximate surface area is 176 Å². The van der Waals surface area contributed by atoms with Crippen molar-refractivity contribution < 1.29 is 0 Å². The maximum atomic E-state index is 12.3. The zero-order valence-electron chi connectivity index (χ0n) is 17.9. The highest BCUT2D eigenvalue weighted by Crippen LogP contribution is 2.18. The van der Waals surface area contributed by atoms with Gasteiger partial charge in [-0.25, -0.2) is 4.79 Å². The average molecular weight is 410 g/mol. The Balaban J connectivity index is 0.00000155. The lowest BCUT2D eigenvalue weighted by molar-refractivity contribution is 0.601. The van der Waals surface area contributed by atoms with Gasteiger partial charge in [0.25, 0.3) is 0 Å². The van der Waals surface area contributed by atoms with Crippen LogP contribution in [-0.4, -0.2) is 33.6 Å². The van der Waals surface area contributed by atoms with E-state index < -0.39 is 0 Å². The molecule has 3 rings (SSSR count). The molecule has 0 fully saturated rings. The van der Waals surface area contributed by atoms with Gasteiger partial charge in [0.1, 0.15) is 5.65 Å². The molecule has 0 bridgehead atoms. The Morgan fingerprint density at radius 1 is 1.33 bits per heavy atom. The molecule has 0 amide bonds. The predicted octanol–water partition coefficient (Wildman–Crippen LogP) is 2.53.